The summed E-state index contributed by atoms with van der Waals surface area (Å²) in [6, 6.07) is 11.8. The minimum absolute atomic E-state index is 0.0334. The summed E-state index contributed by atoms with van der Waals surface area (Å²) in [5.74, 6) is 1.06. The number of amides is 1. The van der Waals surface area contributed by atoms with Gasteiger partial charge >= 0.3 is 0 Å². The van der Waals surface area contributed by atoms with E-state index in [2.05, 4.69) is 43.2 Å². The Morgan fingerprint density at radius 1 is 1.18 bits per heavy atom. The Kier molecular flexibility index (Phi) is 11.7. The van der Waals surface area contributed by atoms with E-state index in [1.165, 1.54) is 11.1 Å². The van der Waals surface area contributed by atoms with Crippen molar-refractivity contribution < 1.29 is 28.3 Å². The number of fused-ring (bicyclic) bond motifs is 4. The molecule has 1 amide bonds. The third kappa shape index (κ3) is 8.51. The van der Waals surface area contributed by atoms with Gasteiger partial charge in [0.25, 0.3) is 5.91 Å². The lowest BCUT2D eigenvalue weighted by Gasteiger charge is -2.46. The van der Waals surface area contributed by atoms with Gasteiger partial charge in [0.2, 0.25) is 0 Å². The first-order chi connectivity index (χ1) is 24.7. The molecule has 10 nitrogen and oxygen atoms in total. The van der Waals surface area contributed by atoms with E-state index >= 15 is 0 Å². The molecule has 3 aliphatic heterocycles. The van der Waals surface area contributed by atoms with Crippen LogP contribution in [0.15, 0.2) is 52.9 Å². The Morgan fingerprint density at radius 2 is 2.04 bits per heavy atom. The van der Waals surface area contributed by atoms with Gasteiger partial charge in [-0.2, -0.15) is 0 Å². The minimum atomic E-state index is -3.24. The molecule has 0 aromatic heterocycles. The highest BCUT2D eigenvalue weighted by Gasteiger charge is 2.44. The Hall–Kier alpha value is -2.51. The zero-order chi connectivity index (χ0) is 35.4. The van der Waals surface area contributed by atoms with Crippen LogP contribution in [0.1, 0.15) is 73.4 Å². The van der Waals surface area contributed by atoms with Crippen LogP contribution in [0.5, 0.6) is 5.75 Å². The van der Waals surface area contributed by atoms with E-state index in [1.807, 2.05) is 18.2 Å². The van der Waals surface area contributed by atoms with Crippen LogP contribution in [0, 0.1) is 11.8 Å². The summed E-state index contributed by atoms with van der Waals surface area (Å²) in [7, 11) is -3.24. The molecule has 0 radical (unpaired) electrons. The van der Waals surface area contributed by atoms with Gasteiger partial charge in [-0.3, -0.25) is 9.69 Å². The molecule has 2 aromatic carbocycles. The standard InChI is InChI=1S/C39H53ClN4O6S/c1-2-37(45)41-51(47)22-5-3-4-8-35(49-21-18-43-16-19-48-20-17-43)32-12-9-30(32)25-44-26-39(15-6-7-28-23-31(40)11-13-33(28)39)27-50-36-14-10-29(24-34(36)44)38(46)42-51/h4,8,10-11,13-14,23-24,30,32,35,37,45H,2-3,5-7,9,12,15-22,25-27H2,1H3,(H,41,42,46,47)/b8-4+/t30-,32+,35-,37?,39-,51-/m0/s1. The molecule has 2 bridgehead atoms. The molecule has 5 aliphatic rings. The molecule has 3 heterocycles. The van der Waals surface area contributed by atoms with Crippen LogP contribution in [-0.2, 0) is 31.2 Å². The summed E-state index contributed by atoms with van der Waals surface area (Å²) in [5, 5.41) is 11.2. The topological polar surface area (TPSA) is 113 Å². The second kappa shape index (κ2) is 16.2. The highest BCUT2D eigenvalue weighted by Crippen LogP contribution is 2.47. The first-order valence-electron chi connectivity index (χ1n) is 18.9. The molecule has 6 atom stereocenters. The molecule has 2 aromatic rings. The van der Waals surface area contributed by atoms with E-state index in [0.29, 0.717) is 49.9 Å². The minimum Gasteiger partial charge on any atom is -0.490 e. The molecule has 2 fully saturated rings. The number of benzene rings is 2. The zero-order valence-corrected chi connectivity index (χ0v) is 31.3. The molecule has 278 valence electrons. The zero-order valence-electron chi connectivity index (χ0n) is 29.8. The normalized spacial score (nSPS) is 31.3. The quantitative estimate of drug-likeness (QED) is 0.273. The van der Waals surface area contributed by atoms with Gasteiger partial charge in [-0.15, -0.1) is 4.36 Å². The molecule has 7 rings (SSSR count). The Labute approximate surface area is 308 Å². The van der Waals surface area contributed by atoms with Crippen molar-refractivity contribution in [3.63, 3.8) is 0 Å². The van der Waals surface area contributed by atoms with Crippen molar-refractivity contribution in [2.24, 2.45) is 16.2 Å². The lowest BCUT2D eigenvalue weighted by molar-refractivity contribution is -0.0314. The van der Waals surface area contributed by atoms with Crippen LogP contribution >= 0.6 is 11.6 Å². The van der Waals surface area contributed by atoms with Crippen LogP contribution in [0.25, 0.3) is 0 Å². The van der Waals surface area contributed by atoms with Gasteiger partial charge in [-0.05, 0) is 105 Å². The summed E-state index contributed by atoms with van der Waals surface area (Å²) < 4.78 is 40.0. The van der Waals surface area contributed by atoms with Crippen LogP contribution in [0.3, 0.4) is 0 Å². The SMILES string of the molecule is CCC(O)N[S@]1(=O)=NC(=O)c2ccc3c(c2)N(C[C@@H]2CC[C@H]2[C@@H](OCCN2CCOCC2)/C=C/CCC1)C[C@@]1(CCCc2cc(Cl)ccc21)CO3. The molecule has 12 heteroatoms. The van der Waals surface area contributed by atoms with Crippen molar-refractivity contribution in [3.05, 3.63) is 70.3 Å². The van der Waals surface area contributed by atoms with Gasteiger partial charge in [0, 0.05) is 54.5 Å². The maximum Gasteiger partial charge on any atom is 0.286 e. The maximum absolute atomic E-state index is 14.1. The van der Waals surface area contributed by atoms with Crippen LogP contribution in [0.4, 0.5) is 5.69 Å². The molecule has 1 saturated carbocycles. The van der Waals surface area contributed by atoms with Crippen LogP contribution in [0.2, 0.25) is 5.02 Å². The number of nitrogens with zero attached hydrogens (tertiary/aromatic N) is 3. The summed E-state index contributed by atoms with van der Waals surface area (Å²) in [6.45, 7) is 8.78. The van der Waals surface area contributed by atoms with Gasteiger partial charge in [-0.1, -0.05) is 36.7 Å². The molecule has 2 aliphatic carbocycles. The highest BCUT2D eigenvalue weighted by molar-refractivity contribution is 7.92. The smallest absolute Gasteiger partial charge is 0.286 e. The van der Waals surface area contributed by atoms with Crippen LogP contribution in [-0.4, -0.2) is 97.4 Å². The van der Waals surface area contributed by atoms with Gasteiger partial charge in [-0.25, -0.2) is 8.93 Å². The molecular formula is C39H53ClN4O6S. The first-order valence-corrected chi connectivity index (χ1v) is 20.9. The van der Waals surface area contributed by atoms with Crippen molar-refractivity contribution in [2.45, 2.75) is 76.0 Å². The van der Waals surface area contributed by atoms with Crippen molar-refractivity contribution in [2.75, 3.05) is 69.8 Å². The number of allylic oxidation sites excluding steroid dienone is 1. The summed E-state index contributed by atoms with van der Waals surface area (Å²) >= 11 is 6.48. The number of hydrogen-bond acceptors (Lipinski definition) is 8. The second-order valence-corrected chi connectivity index (χ2v) is 17.5. The number of aliphatic hydroxyl groups excluding tert-OH is 1. The van der Waals surface area contributed by atoms with Gasteiger partial charge < -0.3 is 24.2 Å². The third-order valence-electron chi connectivity index (χ3n) is 11.5. The van der Waals surface area contributed by atoms with E-state index in [-0.39, 0.29) is 17.3 Å². The van der Waals surface area contributed by atoms with Crippen molar-refractivity contribution in [3.8, 4) is 5.75 Å². The fourth-order valence-corrected chi connectivity index (χ4v) is 10.5. The molecule has 1 saturated heterocycles. The average Bonchev–Trinajstić information content (AvgIpc) is 3.26. The van der Waals surface area contributed by atoms with Crippen molar-refractivity contribution >= 4 is 33.1 Å². The number of ether oxygens (including phenoxy) is 3. The average molecular weight is 741 g/mol. The number of morpholine rings is 1. The number of carbonyl (C=O) groups is 1. The van der Waals surface area contributed by atoms with E-state index in [4.69, 9.17) is 25.8 Å². The fraction of sp³-hybridized carbons (Fsp3) is 0.615. The number of aliphatic hydroxyl groups is 1. The molecular weight excluding hydrogens is 688 g/mol. The highest BCUT2D eigenvalue weighted by atomic mass is 35.5. The number of carbonyl (C=O) groups excluding carboxylic acids is 1. The molecule has 1 unspecified atom stereocenters. The van der Waals surface area contributed by atoms with Gasteiger partial charge in [0.05, 0.1) is 38.2 Å². The largest absolute Gasteiger partial charge is 0.490 e. The monoisotopic (exact) mass is 740 g/mol. The number of hydrogen-bond donors (Lipinski definition) is 2. The summed E-state index contributed by atoms with van der Waals surface area (Å²) in [5.41, 5.74) is 3.55. The molecule has 1 spiro atoms. The number of halogens is 1. The van der Waals surface area contributed by atoms with Gasteiger partial charge in [0.15, 0.2) is 0 Å². The van der Waals surface area contributed by atoms with Crippen LogP contribution < -0.4 is 14.4 Å². The number of anilines is 1. The Morgan fingerprint density at radius 3 is 2.84 bits per heavy atom. The summed E-state index contributed by atoms with van der Waals surface area (Å²) in [4.78, 5) is 18.6. The van der Waals surface area contributed by atoms with Crippen molar-refractivity contribution in [1.29, 1.82) is 0 Å². The predicted octanol–water partition coefficient (Wildman–Crippen LogP) is 5.75. The third-order valence-corrected chi connectivity index (χ3v) is 13.7. The van der Waals surface area contributed by atoms with E-state index in [0.717, 1.165) is 94.5 Å². The Balaban J connectivity index is 1.24. The lowest BCUT2D eigenvalue weighted by atomic mass is 9.68. The maximum atomic E-state index is 14.1. The molecule has 51 heavy (non-hydrogen) atoms. The number of nitrogens with one attached hydrogen (secondary N) is 1. The second-order valence-electron chi connectivity index (χ2n) is 14.9. The number of aryl methyl sites for hydroxylation is 1. The first kappa shape index (κ1) is 36.8. The number of rotatable bonds is 7. The lowest BCUT2D eigenvalue weighted by Crippen LogP contribution is -2.50. The van der Waals surface area contributed by atoms with E-state index < -0.39 is 22.1 Å². The molecule has 2 N–H and O–H groups in total. The predicted molar refractivity (Wildman–Crippen MR) is 201 cm³/mol. The van der Waals surface area contributed by atoms with Crippen molar-refractivity contribution in [1.82, 2.24) is 9.62 Å². The van der Waals surface area contributed by atoms with Gasteiger partial charge in [0.1, 0.15) is 21.9 Å². The summed E-state index contributed by atoms with van der Waals surface area (Å²) in [6.07, 6.45) is 10.1. The van der Waals surface area contributed by atoms with E-state index in [9.17, 15) is 14.1 Å². The fourth-order valence-electron chi connectivity index (χ4n) is 8.49. The van der Waals surface area contributed by atoms with E-state index in [1.54, 1.807) is 13.0 Å². The Bertz CT molecular complexity index is 1710.